The fourth-order valence-electron chi connectivity index (χ4n) is 1.96. The number of amides is 2. The van der Waals surface area contributed by atoms with Crippen molar-refractivity contribution in [1.29, 1.82) is 0 Å². The van der Waals surface area contributed by atoms with E-state index in [-0.39, 0.29) is 0 Å². The van der Waals surface area contributed by atoms with Gasteiger partial charge in [-0.25, -0.2) is 31.7 Å². The van der Waals surface area contributed by atoms with E-state index in [0.29, 0.717) is 5.70 Å². The summed E-state index contributed by atoms with van der Waals surface area (Å²) < 4.78 is 52.5. The molecule has 0 aliphatic carbocycles. The minimum atomic E-state index is -4.65. The Kier molecular flexibility index (Phi) is 3.86. The number of benzene rings is 1. The standard InChI is InChI=1S/C12H13F2N3O3S/c1-7-6-8(2)17(15-7)12(18)16-21(19,20)11-9(13)4-3-5-10(11)14/h3-6,8,15H,1-2H3,(H,16,18). The van der Waals surface area contributed by atoms with Crippen LogP contribution in [0.1, 0.15) is 13.8 Å². The van der Waals surface area contributed by atoms with Crippen LogP contribution < -0.4 is 10.1 Å². The first kappa shape index (κ1) is 15.2. The molecule has 21 heavy (non-hydrogen) atoms. The molecule has 0 bridgehead atoms. The molecule has 1 aromatic carbocycles. The number of nitrogens with one attached hydrogen (secondary N) is 2. The Balaban J connectivity index is 2.25. The average molecular weight is 317 g/mol. The lowest BCUT2D eigenvalue weighted by Crippen LogP contribution is -2.49. The van der Waals surface area contributed by atoms with Gasteiger partial charge in [-0.05, 0) is 32.1 Å². The summed E-state index contributed by atoms with van der Waals surface area (Å²) in [6.07, 6.45) is 1.69. The van der Waals surface area contributed by atoms with Gasteiger partial charge in [0.05, 0.1) is 6.04 Å². The first-order valence-electron chi connectivity index (χ1n) is 5.97. The SMILES string of the molecule is CC1=CC(C)N(C(=O)NS(=O)(=O)c2c(F)cccc2F)N1. The topological polar surface area (TPSA) is 78.5 Å². The van der Waals surface area contributed by atoms with Gasteiger partial charge in [-0.3, -0.25) is 5.43 Å². The van der Waals surface area contributed by atoms with Crippen molar-refractivity contribution in [3.63, 3.8) is 0 Å². The Labute approximate surface area is 120 Å². The molecular weight excluding hydrogens is 304 g/mol. The maximum Gasteiger partial charge on any atom is 0.350 e. The van der Waals surface area contributed by atoms with E-state index in [0.717, 1.165) is 23.2 Å². The van der Waals surface area contributed by atoms with Gasteiger partial charge in [0.1, 0.15) is 11.6 Å². The molecule has 0 fully saturated rings. The highest BCUT2D eigenvalue weighted by Gasteiger charge is 2.31. The van der Waals surface area contributed by atoms with Crippen LogP contribution in [0.25, 0.3) is 0 Å². The van der Waals surface area contributed by atoms with E-state index in [1.54, 1.807) is 24.6 Å². The van der Waals surface area contributed by atoms with Gasteiger partial charge in [0.15, 0.2) is 4.90 Å². The Bertz CT molecular complexity index is 698. The smallest absolute Gasteiger partial charge is 0.299 e. The number of allylic oxidation sites excluding steroid dienone is 1. The number of halogens is 2. The van der Waals surface area contributed by atoms with Crippen molar-refractivity contribution in [3.05, 3.63) is 41.6 Å². The Morgan fingerprint density at radius 1 is 1.33 bits per heavy atom. The summed E-state index contributed by atoms with van der Waals surface area (Å²) in [5, 5.41) is 1.01. The molecule has 9 heteroatoms. The van der Waals surface area contributed by atoms with E-state index >= 15 is 0 Å². The summed E-state index contributed by atoms with van der Waals surface area (Å²) in [5.41, 5.74) is 3.30. The highest BCUT2D eigenvalue weighted by Crippen LogP contribution is 2.19. The largest absolute Gasteiger partial charge is 0.350 e. The molecule has 1 aliphatic heterocycles. The average Bonchev–Trinajstić information content (AvgIpc) is 2.67. The molecule has 1 heterocycles. The van der Waals surface area contributed by atoms with Crippen molar-refractivity contribution in [1.82, 2.24) is 15.2 Å². The van der Waals surface area contributed by atoms with Gasteiger partial charge in [0.2, 0.25) is 0 Å². The number of carbonyl (C=O) groups excluding carboxylic acids is 1. The van der Waals surface area contributed by atoms with Crippen LogP contribution in [0.3, 0.4) is 0 Å². The van der Waals surface area contributed by atoms with Gasteiger partial charge in [0.25, 0.3) is 10.0 Å². The van der Waals surface area contributed by atoms with Gasteiger partial charge < -0.3 is 0 Å². The van der Waals surface area contributed by atoms with Crippen LogP contribution in [-0.4, -0.2) is 25.5 Å². The zero-order valence-corrected chi connectivity index (χ0v) is 12.0. The van der Waals surface area contributed by atoms with E-state index in [2.05, 4.69) is 5.43 Å². The lowest BCUT2D eigenvalue weighted by molar-refractivity contribution is 0.182. The van der Waals surface area contributed by atoms with Crippen LogP contribution in [0.4, 0.5) is 13.6 Å². The van der Waals surface area contributed by atoms with Gasteiger partial charge in [-0.1, -0.05) is 6.07 Å². The second kappa shape index (κ2) is 5.32. The van der Waals surface area contributed by atoms with Crippen molar-refractivity contribution in [2.24, 2.45) is 0 Å². The van der Waals surface area contributed by atoms with Crippen LogP contribution in [0.2, 0.25) is 0 Å². The predicted molar refractivity (Wildman–Crippen MR) is 70.3 cm³/mol. The summed E-state index contributed by atoms with van der Waals surface area (Å²) >= 11 is 0. The summed E-state index contributed by atoms with van der Waals surface area (Å²) in [4.78, 5) is 10.7. The molecule has 1 atom stereocenters. The first-order valence-corrected chi connectivity index (χ1v) is 7.46. The maximum absolute atomic E-state index is 13.5. The number of hydrazine groups is 1. The molecule has 114 valence electrons. The summed E-state index contributed by atoms with van der Waals surface area (Å²) in [7, 11) is -4.65. The van der Waals surface area contributed by atoms with Crippen molar-refractivity contribution in [2.75, 3.05) is 0 Å². The molecule has 6 nitrogen and oxygen atoms in total. The zero-order chi connectivity index (χ0) is 15.8. The maximum atomic E-state index is 13.5. The molecule has 0 aromatic heterocycles. The molecule has 0 saturated heterocycles. The Morgan fingerprint density at radius 3 is 2.38 bits per heavy atom. The van der Waals surface area contributed by atoms with E-state index in [1.165, 1.54) is 0 Å². The molecule has 2 N–H and O–H groups in total. The fraction of sp³-hybridized carbons (Fsp3) is 0.250. The third-order valence-electron chi connectivity index (χ3n) is 2.82. The van der Waals surface area contributed by atoms with Crippen LogP contribution in [0.5, 0.6) is 0 Å². The summed E-state index contributed by atoms with van der Waals surface area (Å²) in [5.74, 6) is -2.54. The Hall–Kier alpha value is -2.16. The molecule has 1 aromatic rings. The van der Waals surface area contributed by atoms with Crippen LogP contribution in [-0.2, 0) is 10.0 Å². The van der Waals surface area contributed by atoms with E-state index in [1.807, 2.05) is 0 Å². The highest BCUT2D eigenvalue weighted by molar-refractivity contribution is 7.90. The van der Waals surface area contributed by atoms with Gasteiger partial charge >= 0.3 is 6.03 Å². The number of sulfonamides is 1. The number of hydrogen-bond acceptors (Lipinski definition) is 4. The third kappa shape index (κ3) is 2.97. The van der Waals surface area contributed by atoms with Crippen molar-refractivity contribution in [2.45, 2.75) is 24.8 Å². The summed E-state index contributed by atoms with van der Waals surface area (Å²) in [6, 6.07) is 1.20. The number of rotatable bonds is 2. The Morgan fingerprint density at radius 2 is 1.90 bits per heavy atom. The molecule has 2 rings (SSSR count). The van der Waals surface area contributed by atoms with Crippen LogP contribution >= 0.6 is 0 Å². The lowest BCUT2D eigenvalue weighted by atomic mass is 10.3. The number of hydrogen-bond donors (Lipinski definition) is 2. The molecule has 0 spiro atoms. The zero-order valence-electron chi connectivity index (χ0n) is 11.2. The monoisotopic (exact) mass is 317 g/mol. The minimum absolute atomic E-state index is 0.398. The number of nitrogens with zero attached hydrogens (tertiary/aromatic N) is 1. The van der Waals surface area contributed by atoms with Crippen molar-refractivity contribution >= 4 is 16.1 Å². The molecule has 2 amide bonds. The first-order chi connectivity index (χ1) is 9.72. The lowest BCUT2D eigenvalue weighted by Gasteiger charge is -2.22. The van der Waals surface area contributed by atoms with E-state index in [9.17, 15) is 22.0 Å². The van der Waals surface area contributed by atoms with Crippen LogP contribution in [0.15, 0.2) is 34.9 Å². The van der Waals surface area contributed by atoms with Crippen molar-refractivity contribution < 1.29 is 22.0 Å². The van der Waals surface area contributed by atoms with Gasteiger partial charge in [-0.2, -0.15) is 0 Å². The van der Waals surface area contributed by atoms with Crippen LogP contribution in [0, 0.1) is 11.6 Å². The second-order valence-corrected chi connectivity index (χ2v) is 6.15. The van der Waals surface area contributed by atoms with Gasteiger partial charge in [-0.15, -0.1) is 0 Å². The second-order valence-electron chi connectivity index (χ2n) is 4.53. The predicted octanol–water partition coefficient (Wildman–Crippen LogP) is 1.48. The van der Waals surface area contributed by atoms with Crippen molar-refractivity contribution in [3.8, 4) is 0 Å². The van der Waals surface area contributed by atoms with Gasteiger partial charge in [0, 0.05) is 5.70 Å². The molecule has 1 aliphatic rings. The van der Waals surface area contributed by atoms with E-state index < -0.39 is 38.6 Å². The quantitative estimate of drug-likeness (QED) is 0.866. The number of urea groups is 1. The third-order valence-corrected chi connectivity index (χ3v) is 4.19. The molecule has 1 unspecified atom stereocenters. The number of carbonyl (C=O) groups is 1. The molecular formula is C12H13F2N3O3S. The van der Waals surface area contributed by atoms with E-state index in [4.69, 9.17) is 0 Å². The minimum Gasteiger partial charge on any atom is -0.299 e. The molecule has 0 saturated carbocycles. The fourth-order valence-corrected chi connectivity index (χ4v) is 3.04. The highest BCUT2D eigenvalue weighted by atomic mass is 32.2. The summed E-state index contributed by atoms with van der Waals surface area (Å²) in [6.45, 7) is 3.34. The normalized spacial score (nSPS) is 18.2. The molecule has 0 radical (unpaired) electrons.